The molecule has 0 bridgehead atoms. The molecule has 1 aromatic carbocycles. The lowest BCUT2D eigenvalue weighted by Crippen LogP contribution is -2.50. The van der Waals surface area contributed by atoms with Gasteiger partial charge in [0.15, 0.2) is 6.04 Å². The third-order valence-corrected chi connectivity index (χ3v) is 2.68. The highest BCUT2D eigenvalue weighted by molar-refractivity contribution is 5.87. The van der Waals surface area contributed by atoms with Gasteiger partial charge in [-0.3, -0.25) is 4.79 Å². The van der Waals surface area contributed by atoms with Gasteiger partial charge in [0.1, 0.15) is 5.75 Å². The Morgan fingerprint density at radius 2 is 1.95 bits per heavy atom. The summed E-state index contributed by atoms with van der Waals surface area (Å²) in [4.78, 5) is 22.7. The summed E-state index contributed by atoms with van der Waals surface area (Å²) in [6.45, 7) is -0.132. The SMILES string of the molecule is COCC(NC(=O)C(N)Cc1ccc(O)cc1)C(=O)O. The molecule has 0 fully saturated rings. The molecule has 0 spiro atoms. The van der Waals surface area contributed by atoms with E-state index in [1.165, 1.54) is 19.2 Å². The molecule has 20 heavy (non-hydrogen) atoms. The molecule has 0 aliphatic heterocycles. The van der Waals surface area contributed by atoms with Crippen LogP contribution < -0.4 is 11.1 Å². The van der Waals surface area contributed by atoms with Crippen molar-refractivity contribution in [1.82, 2.24) is 5.32 Å². The van der Waals surface area contributed by atoms with Crippen LogP contribution in [0.25, 0.3) is 0 Å². The first-order valence-electron chi connectivity index (χ1n) is 5.99. The van der Waals surface area contributed by atoms with Gasteiger partial charge >= 0.3 is 5.97 Å². The summed E-state index contributed by atoms with van der Waals surface area (Å²) < 4.78 is 4.71. The molecule has 1 aromatic rings. The zero-order chi connectivity index (χ0) is 15.1. The number of carbonyl (C=O) groups is 2. The number of ether oxygens (including phenoxy) is 1. The minimum Gasteiger partial charge on any atom is -0.508 e. The van der Waals surface area contributed by atoms with Crippen molar-refractivity contribution in [3.63, 3.8) is 0 Å². The number of amides is 1. The van der Waals surface area contributed by atoms with Gasteiger partial charge in [-0.2, -0.15) is 0 Å². The molecule has 110 valence electrons. The van der Waals surface area contributed by atoms with Crippen molar-refractivity contribution in [3.8, 4) is 5.75 Å². The first kappa shape index (κ1) is 15.9. The van der Waals surface area contributed by atoms with E-state index in [0.29, 0.717) is 0 Å². The Balaban J connectivity index is 2.57. The van der Waals surface area contributed by atoms with E-state index >= 15 is 0 Å². The number of hydrogen-bond donors (Lipinski definition) is 4. The van der Waals surface area contributed by atoms with Crippen LogP contribution in [0.2, 0.25) is 0 Å². The number of aliphatic carboxylic acids is 1. The summed E-state index contributed by atoms with van der Waals surface area (Å²) in [7, 11) is 1.35. The second-order valence-corrected chi connectivity index (χ2v) is 4.33. The molecule has 0 saturated carbocycles. The number of methoxy groups -OCH3 is 1. The van der Waals surface area contributed by atoms with Gasteiger partial charge in [0.05, 0.1) is 12.6 Å². The number of benzene rings is 1. The first-order valence-corrected chi connectivity index (χ1v) is 5.99. The predicted octanol–water partition coefficient (Wildman–Crippen LogP) is -0.522. The van der Waals surface area contributed by atoms with Crippen molar-refractivity contribution >= 4 is 11.9 Å². The Kier molecular flexibility index (Phi) is 5.95. The van der Waals surface area contributed by atoms with E-state index in [-0.39, 0.29) is 18.8 Å². The van der Waals surface area contributed by atoms with Gasteiger partial charge in [-0.25, -0.2) is 4.79 Å². The molecule has 0 aliphatic carbocycles. The first-order chi connectivity index (χ1) is 9.43. The molecule has 0 aromatic heterocycles. The lowest BCUT2D eigenvalue weighted by Gasteiger charge is -2.17. The molecule has 5 N–H and O–H groups in total. The van der Waals surface area contributed by atoms with Gasteiger partial charge in [0, 0.05) is 7.11 Å². The van der Waals surface area contributed by atoms with Gasteiger partial charge < -0.3 is 26.0 Å². The Morgan fingerprint density at radius 1 is 1.35 bits per heavy atom. The number of phenols is 1. The zero-order valence-electron chi connectivity index (χ0n) is 11.1. The second-order valence-electron chi connectivity index (χ2n) is 4.33. The normalized spacial score (nSPS) is 13.5. The molecular weight excluding hydrogens is 264 g/mol. The molecule has 1 amide bonds. The predicted molar refractivity (Wildman–Crippen MR) is 71.2 cm³/mol. The highest BCUT2D eigenvalue weighted by Gasteiger charge is 2.23. The summed E-state index contributed by atoms with van der Waals surface area (Å²) >= 11 is 0. The lowest BCUT2D eigenvalue weighted by molar-refractivity contribution is -0.143. The number of carboxylic acids is 1. The quantitative estimate of drug-likeness (QED) is 0.533. The van der Waals surface area contributed by atoms with Crippen LogP contribution in [0, 0.1) is 0 Å². The third kappa shape index (κ3) is 4.87. The lowest BCUT2D eigenvalue weighted by atomic mass is 10.1. The number of nitrogens with two attached hydrogens (primary N) is 1. The molecule has 7 nitrogen and oxygen atoms in total. The molecule has 0 aliphatic rings. The molecule has 1 rings (SSSR count). The monoisotopic (exact) mass is 282 g/mol. The maximum atomic E-state index is 11.8. The fourth-order valence-electron chi connectivity index (χ4n) is 1.60. The van der Waals surface area contributed by atoms with Crippen LogP contribution in [0.1, 0.15) is 5.56 Å². The Labute approximate surface area is 116 Å². The van der Waals surface area contributed by atoms with E-state index < -0.39 is 24.0 Å². The van der Waals surface area contributed by atoms with Gasteiger partial charge in [-0.05, 0) is 24.1 Å². The minimum absolute atomic E-state index is 0.123. The van der Waals surface area contributed by atoms with Crippen LogP contribution >= 0.6 is 0 Å². The van der Waals surface area contributed by atoms with Crippen LogP contribution in [0.3, 0.4) is 0 Å². The summed E-state index contributed by atoms with van der Waals surface area (Å²) in [6.07, 6.45) is 0.242. The van der Waals surface area contributed by atoms with E-state index in [4.69, 9.17) is 20.7 Å². The topological polar surface area (TPSA) is 122 Å². The highest BCUT2D eigenvalue weighted by atomic mass is 16.5. The van der Waals surface area contributed by atoms with Crippen LogP contribution in [-0.4, -0.2) is 47.9 Å². The van der Waals surface area contributed by atoms with Crippen molar-refractivity contribution in [3.05, 3.63) is 29.8 Å². The number of nitrogens with one attached hydrogen (secondary N) is 1. The summed E-state index contributed by atoms with van der Waals surface area (Å²) in [5, 5.41) is 20.4. The van der Waals surface area contributed by atoms with Crippen molar-refractivity contribution in [2.75, 3.05) is 13.7 Å². The Hall–Kier alpha value is -2.12. The maximum Gasteiger partial charge on any atom is 0.328 e. The highest BCUT2D eigenvalue weighted by Crippen LogP contribution is 2.10. The second kappa shape index (κ2) is 7.46. The van der Waals surface area contributed by atoms with Crippen LogP contribution in [0.4, 0.5) is 0 Å². The van der Waals surface area contributed by atoms with Gasteiger partial charge in [-0.1, -0.05) is 12.1 Å². The van der Waals surface area contributed by atoms with E-state index in [1.807, 2.05) is 0 Å². The van der Waals surface area contributed by atoms with Gasteiger partial charge in [0.25, 0.3) is 0 Å². The molecule has 0 radical (unpaired) electrons. The molecule has 0 saturated heterocycles. The fraction of sp³-hybridized carbons (Fsp3) is 0.385. The number of phenolic OH excluding ortho intramolecular Hbond substituents is 1. The van der Waals surface area contributed by atoms with Crippen LogP contribution in [-0.2, 0) is 20.7 Å². The van der Waals surface area contributed by atoms with E-state index in [0.717, 1.165) is 5.56 Å². The Bertz CT molecular complexity index is 460. The average Bonchev–Trinajstić information content (AvgIpc) is 2.40. The third-order valence-electron chi connectivity index (χ3n) is 2.68. The van der Waals surface area contributed by atoms with E-state index in [1.54, 1.807) is 12.1 Å². The number of carbonyl (C=O) groups excluding carboxylic acids is 1. The number of hydrogen-bond acceptors (Lipinski definition) is 5. The fourth-order valence-corrected chi connectivity index (χ4v) is 1.60. The van der Waals surface area contributed by atoms with Crippen molar-refractivity contribution < 1.29 is 24.5 Å². The zero-order valence-corrected chi connectivity index (χ0v) is 11.1. The molecule has 2 atom stereocenters. The maximum absolute atomic E-state index is 11.8. The molecule has 2 unspecified atom stereocenters. The number of rotatable bonds is 7. The molecular formula is C13H18N2O5. The smallest absolute Gasteiger partial charge is 0.328 e. The van der Waals surface area contributed by atoms with Crippen LogP contribution in [0.15, 0.2) is 24.3 Å². The summed E-state index contributed by atoms with van der Waals surface area (Å²) in [6, 6.07) is 4.27. The van der Waals surface area contributed by atoms with Crippen molar-refractivity contribution in [2.45, 2.75) is 18.5 Å². The van der Waals surface area contributed by atoms with E-state index in [2.05, 4.69) is 5.32 Å². The summed E-state index contributed by atoms with van der Waals surface area (Å²) in [5.41, 5.74) is 6.49. The van der Waals surface area contributed by atoms with Gasteiger partial charge in [-0.15, -0.1) is 0 Å². The molecule has 0 heterocycles. The number of aromatic hydroxyl groups is 1. The Morgan fingerprint density at radius 3 is 2.45 bits per heavy atom. The summed E-state index contributed by atoms with van der Waals surface area (Å²) in [5.74, 6) is -1.63. The molecule has 7 heteroatoms. The number of carboxylic acid groups (broad SMARTS) is 1. The van der Waals surface area contributed by atoms with Gasteiger partial charge in [0.2, 0.25) is 5.91 Å². The standard InChI is InChI=1S/C13H18N2O5/c1-20-7-11(13(18)19)15-12(17)10(14)6-8-2-4-9(16)5-3-8/h2-5,10-11,16H,6-7,14H2,1H3,(H,15,17)(H,18,19). The average molecular weight is 282 g/mol. The minimum atomic E-state index is -1.18. The van der Waals surface area contributed by atoms with E-state index in [9.17, 15) is 9.59 Å². The van der Waals surface area contributed by atoms with Crippen LogP contribution in [0.5, 0.6) is 5.75 Å². The van der Waals surface area contributed by atoms with Crippen molar-refractivity contribution in [1.29, 1.82) is 0 Å². The largest absolute Gasteiger partial charge is 0.508 e. The van der Waals surface area contributed by atoms with Crippen molar-refractivity contribution in [2.24, 2.45) is 5.73 Å².